The van der Waals surface area contributed by atoms with Gasteiger partial charge in [0.25, 0.3) is 0 Å². The van der Waals surface area contributed by atoms with Crippen LogP contribution in [0.2, 0.25) is 0 Å². The van der Waals surface area contributed by atoms with Crippen molar-refractivity contribution < 1.29 is 0 Å². The molecule has 0 bridgehead atoms. The van der Waals surface area contributed by atoms with Crippen LogP contribution in [0.15, 0.2) is 11.7 Å². The molecule has 0 aliphatic heterocycles. The first-order valence-electron chi connectivity index (χ1n) is 4.24. The number of aromatic nitrogens is 4. The van der Waals surface area contributed by atoms with Crippen molar-refractivity contribution in [3.63, 3.8) is 0 Å². The van der Waals surface area contributed by atoms with Crippen LogP contribution in [-0.2, 0) is 13.6 Å². The summed E-state index contributed by atoms with van der Waals surface area (Å²) in [5.74, 6) is 1.57. The van der Waals surface area contributed by atoms with Crippen LogP contribution in [0.4, 0.5) is 5.95 Å². The van der Waals surface area contributed by atoms with Gasteiger partial charge in [-0.2, -0.15) is 10.1 Å². The minimum absolute atomic E-state index is 0.747. The second-order valence-electron chi connectivity index (χ2n) is 2.93. The molecule has 0 amide bonds. The summed E-state index contributed by atoms with van der Waals surface area (Å²) in [6, 6.07) is 0. The van der Waals surface area contributed by atoms with Gasteiger partial charge in [-0.3, -0.25) is 4.98 Å². The summed E-state index contributed by atoms with van der Waals surface area (Å²) >= 11 is 1.62. The molecule has 14 heavy (non-hydrogen) atoms. The summed E-state index contributed by atoms with van der Waals surface area (Å²) < 4.78 is 1.73. The number of aryl methyl sites for hydroxylation is 2. The molecule has 6 heteroatoms. The van der Waals surface area contributed by atoms with Gasteiger partial charge in [-0.15, -0.1) is 11.3 Å². The molecule has 0 fully saturated rings. The lowest BCUT2D eigenvalue weighted by atomic mass is 10.5. The van der Waals surface area contributed by atoms with Crippen LogP contribution in [0.3, 0.4) is 0 Å². The minimum Gasteiger partial charge on any atom is -0.349 e. The first-order valence-corrected chi connectivity index (χ1v) is 5.12. The summed E-state index contributed by atoms with van der Waals surface area (Å²) in [5.41, 5.74) is 1.82. The molecule has 0 atom stereocenters. The van der Waals surface area contributed by atoms with Crippen molar-refractivity contribution in [3.05, 3.63) is 22.4 Å². The fourth-order valence-corrected chi connectivity index (χ4v) is 1.70. The Hall–Kier alpha value is -1.43. The Bertz CT molecular complexity index is 405. The number of rotatable bonds is 3. The van der Waals surface area contributed by atoms with E-state index in [1.165, 1.54) is 4.88 Å². The standard InChI is InChI=1S/C8H11N5S/c1-6-11-8(13(2)12-6)10-4-7-3-9-5-14-7/h3,5H,4H2,1-2H3,(H,10,11,12). The van der Waals surface area contributed by atoms with Gasteiger partial charge < -0.3 is 5.32 Å². The minimum atomic E-state index is 0.747. The molecule has 2 rings (SSSR count). The van der Waals surface area contributed by atoms with Gasteiger partial charge in [-0.05, 0) is 6.92 Å². The fraction of sp³-hybridized carbons (Fsp3) is 0.375. The predicted octanol–water partition coefficient (Wildman–Crippen LogP) is 1.19. The Morgan fingerprint density at radius 1 is 1.57 bits per heavy atom. The van der Waals surface area contributed by atoms with E-state index in [1.54, 1.807) is 16.0 Å². The van der Waals surface area contributed by atoms with Crippen LogP contribution in [0, 0.1) is 6.92 Å². The van der Waals surface area contributed by atoms with Crippen LogP contribution < -0.4 is 5.32 Å². The Kier molecular flexibility index (Phi) is 2.45. The SMILES string of the molecule is Cc1nc(NCc2cncs2)n(C)n1. The van der Waals surface area contributed by atoms with Gasteiger partial charge >= 0.3 is 0 Å². The molecule has 1 N–H and O–H groups in total. The third-order valence-corrected chi connectivity index (χ3v) is 2.55. The van der Waals surface area contributed by atoms with E-state index in [2.05, 4.69) is 20.4 Å². The quantitative estimate of drug-likeness (QED) is 0.825. The first-order chi connectivity index (χ1) is 6.75. The van der Waals surface area contributed by atoms with Crippen molar-refractivity contribution in [1.82, 2.24) is 19.7 Å². The maximum absolute atomic E-state index is 4.23. The Morgan fingerprint density at radius 2 is 2.43 bits per heavy atom. The molecule has 2 aromatic rings. The van der Waals surface area contributed by atoms with Crippen molar-refractivity contribution in [2.45, 2.75) is 13.5 Å². The molecule has 2 aromatic heterocycles. The molecule has 0 aliphatic rings. The maximum Gasteiger partial charge on any atom is 0.221 e. The zero-order valence-corrected chi connectivity index (χ0v) is 8.88. The molecule has 0 saturated carbocycles. The highest BCUT2D eigenvalue weighted by molar-refractivity contribution is 7.09. The molecule has 5 nitrogen and oxygen atoms in total. The maximum atomic E-state index is 4.23. The summed E-state index contributed by atoms with van der Waals surface area (Å²) in [5, 5.41) is 7.34. The van der Waals surface area contributed by atoms with Crippen LogP contribution >= 0.6 is 11.3 Å². The second-order valence-corrected chi connectivity index (χ2v) is 3.90. The van der Waals surface area contributed by atoms with E-state index in [0.29, 0.717) is 0 Å². The molecule has 0 aliphatic carbocycles. The monoisotopic (exact) mass is 209 g/mol. The third kappa shape index (κ3) is 1.90. The molecule has 74 valence electrons. The van der Waals surface area contributed by atoms with Gasteiger partial charge in [0.05, 0.1) is 12.1 Å². The van der Waals surface area contributed by atoms with E-state index in [-0.39, 0.29) is 0 Å². The summed E-state index contributed by atoms with van der Waals surface area (Å²) in [6.07, 6.45) is 1.85. The van der Waals surface area contributed by atoms with Crippen molar-refractivity contribution in [3.8, 4) is 0 Å². The molecular formula is C8H11N5S. The van der Waals surface area contributed by atoms with E-state index < -0.39 is 0 Å². The fourth-order valence-electron chi connectivity index (χ4n) is 1.16. The smallest absolute Gasteiger partial charge is 0.221 e. The molecular weight excluding hydrogens is 198 g/mol. The van der Waals surface area contributed by atoms with E-state index in [0.717, 1.165) is 18.3 Å². The molecule has 0 saturated heterocycles. The van der Waals surface area contributed by atoms with Crippen molar-refractivity contribution >= 4 is 17.3 Å². The second kappa shape index (κ2) is 3.75. The van der Waals surface area contributed by atoms with Crippen LogP contribution in [0.5, 0.6) is 0 Å². The van der Waals surface area contributed by atoms with E-state index in [1.807, 2.05) is 25.7 Å². The summed E-state index contributed by atoms with van der Waals surface area (Å²) in [4.78, 5) is 9.42. The molecule has 2 heterocycles. The van der Waals surface area contributed by atoms with Crippen molar-refractivity contribution in [2.24, 2.45) is 7.05 Å². The largest absolute Gasteiger partial charge is 0.349 e. The highest BCUT2D eigenvalue weighted by Gasteiger charge is 2.02. The number of hydrogen-bond acceptors (Lipinski definition) is 5. The van der Waals surface area contributed by atoms with Gasteiger partial charge in [-0.25, -0.2) is 4.68 Å². The lowest BCUT2D eigenvalue weighted by Crippen LogP contribution is -2.04. The lowest BCUT2D eigenvalue weighted by Gasteiger charge is -2.01. The average molecular weight is 209 g/mol. The van der Waals surface area contributed by atoms with Crippen molar-refractivity contribution in [2.75, 3.05) is 5.32 Å². The highest BCUT2D eigenvalue weighted by Crippen LogP contribution is 2.08. The van der Waals surface area contributed by atoms with Crippen LogP contribution in [-0.4, -0.2) is 19.7 Å². The Balaban J connectivity index is 2.01. The number of thiazole rings is 1. The highest BCUT2D eigenvalue weighted by atomic mass is 32.1. The average Bonchev–Trinajstić information content (AvgIpc) is 2.72. The topological polar surface area (TPSA) is 55.6 Å². The van der Waals surface area contributed by atoms with Gasteiger partial charge in [0.1, 0.15) is 5.82 Å². The van der Waals surface area contributed by atoms with Crippen LogP contribution in [0.25, 0.3) is 0 Å². The Labute approximate surface area is 85.8 Å². The number of nitrogens with zero attached hydrogens (tertiary/aromatic N) is 4. The molecule has 0 spiro atoms. The van der Waals surface area contributed by atoms with E-state index in [4.69, 9.17) is 0 Å². The van der Waals surface area contributed by atoms with E-state index in [9.17, 15) is 0 Å². The Morgan fingerprint density at radius 3 is 3.00 bits per heavy atom. The van der Waals surface area contributed by atoms with Crippen molar-refractivity contribution in [1.29, 1.82) is 0 Å². The third-order valence-electron chi connectivity index (χ3n) is 1.77. The number of anilines is 1. The zero-order chi connectivity index (χ0) is 9.97. The van der Waals surface area contributed by atoms with Gasteiger partial charge in [0.2, 0.25) is 5.95 Å². The van der Waals surface area contributed by atoms with Crippen LogP contribution in [0.1, 0.15) is 10.7 Å². The molecule has 0 radical (unpaired) electrons. The molecule has 0 aromatic carbocycles. The predicted molar refractivity (Wildman–Crippen MR) is 55.2 cm³/mol. The summed E-state index contributed by atoms with van der Waals surface area (Å²) in [7, 11) is 1.87. The van der Waals surface area contributed by atoms with E-state index >= 15 is 0 Å². The number of hydrogen-bond donors (Lipinski definition) is 1. The normalized spacial score (nSPS) is 10.4. The van der Waals surface area contributed by atoms with Gasteiger partial charge in [0.15, 0.2) is 0 Å². The number of nitrogens with one attached hydrogen (secondary N) is 1. The molecule has 0 unspecified atom stereocenters. The summed E-state index contributed by atoms with van der Waals surface area (Å²) in [6.45, 7) is 2.62. The lowest BCUT2D eigenvalue weighted by molar-refractivity contribution is 0.758. The van der Waals surface area contributed by atoms with Gasteiger partial charge in [0, 0.05) is 18.1 Å². The van der Waals surface area contributed by atoms with Gasteiger partial charge in [-0.1, -0.05) is 0 Å². The zero-order valence-electron chi connectivity index (χ0n) is 8.06. The first kappa shape index (κ1) is 9.14.